The molecule has 0 unspecified atom stereocenters. The quantitative estimate of drug-likeness (QED) is 0.133. The number of carbonyl (C=O) groups is 1. The van der Waals surface area contributed by atoms with E-state index in [1.807, 2.05) is 0 Å². The summed E-state index contributed by atoms with van der Waals surface area (Å²) in [5.74, 6) is 11.5. The fourth-order valence-electron chi connectivity index (χ4n) is 4.14. The van der Waals surface area contributed by atoms with E-state index in [2.05, 4.69) is 15.1 Å². The Morgan fingerprint density at radius 2 is 2.17 bits per heavy atom. The zero-order valence-corrected chi connectivity index (χ0v) is 19.6. The monoisotopic (exact) mass is 510 g/mol. The Kier molecular flexibility index (Phi) is 5.84. The largest absolute Gasteiger partial charge is 0.477 e. The van der Waals surface area contributed by atoms with Crippen molar-refractivity contribution >= 4 is 40.9 Å². The van der Waals surface area contributed by atoms with Crippen molar-refractivity contribution in [3.05, 3.63) is 74.5 Å². The number of hydrogen-bond acceptors (Lipinski definition) is 8. The van der Waals surface area contributed by atoms with E-state index in [0.29, 0.717) is 52.2 Å². The molecule has 6 N–H and O–H groups in total. The molecule has 0 bridgehead atoms. The molecule has 1 aliphatic rings. The van der Waals surface area contributed by atoms with Gasteiger partial charge in [0.25, 0.3) is 5.56 Å². The van der Waals surface area contributed by atoms with Gasteiger partial charge in [-0.25, -0.2) is 20.6 Å². The number of imidazole rings is 1. The molecule has 4 heterocycles. The van der Waals surface area contributed by atoms with Gasteiger partial charge in [-0.15, -0.1) is 11.3 Å². The number of carboxylic acid groups (broad SMARTS) is 1. The van der Waals surface area contributed by atoms with Gasteiger partial charge in [-0.1, -0.05) is 11.6 Å². The highest BCUT2D eigenvalue weighted by molar-refractivity contribution is 7.17. The highest BCUT2D eigenvalue weighted by Crippen LogP contribution is 2.34. The first-order chi connectivity index (χ1) is 16.9. The molecule has 4 aromatic rings. The highest BCUT2D eigenvalue weighted by atomic mass is 35.5. The molecule has 5 rings (SSSR count). The zero-order valence-electron chi connectivity index (χ0n) is 18.1. The second kappa shape index (κ2) is 8.98. The molecule has 0 spiro atoms. The maximum atomic E-state index is 13.2. The molecule has 3 aromatic heterocycles. The van der Waals surface area contributed by atoms with Crippen LogP contribution in [0.25, 0.3) is 21.8 Å². The standard InChI is InChI=1S/C22H19ClN8O3S/c23-11-1-2-15(30(25)10-27-24)12(7-11)13-8-20(32)31-16(3-6-19(31)28-13)21-26-9-14(29-21)17-4-5-18(35-17)22(33)34/h1-2,4-5,7-10,16H,3,6,24-25H2,(H,26,29)(H,33,34)/b27-10-/t16-/m0/s1. The van der Waals surface area contributed by atoms with Crippen molar-refractivity contribution in [2.45, 2.75) is 18.9 Å². The summed E-state index contributed by atoms with van der Waals surface area (Å²) in [6, 6.07) is 9.44. The Morgan fingerprint density at radius 1 is 1.34 bits per heavy atom. The van der Waals surface area contributed by atoms with E-state index in [9.17, 15) is 9.59 Å². The van der Waals surface area contributed by atoms with Crippen LogP contribution in [0.1, 0.15) is 33.8 Å². The average Bonchev–Trinajstić information content (AvgIpc) is 3.57. The minimum absolute atomic E-state index is 0.239. The minimum Gasteiger partial charge on any atom is -0.477 e. The first-order valence-electron chi connectivity index (χ1n) is 10.4. The Morgan fingerprint density at radius 3 is 2.91 bits per heavy atom. The van der Waals surface area contributed by atoms with E-state index in [1.54, 1.807) is 41.1 Å². The summed E-state index contributed by atoms with van der Waals surface area (Å²) in [6.45, 7) is 0. The molecule has 1 aromatic carbocycles. The number of hydrazone groups is 1. The number of nitrogens with two attached hydrogens (primary N) is 2. The van der Waals surface area contributed by atoms with Crippen LogP contribution in [-0.2, 0) is 6.42 Å². The van der Waals surface area contributed by atoms with E-state index < -0.39 is 5.97 Å². The molecule has 178 valence electrons. The summed E-state index contributed by atoms with van der Waals surface area (Å²) < 4.78 is 1.62. The smallest absolute Gasteiger partial charge is 0.345 e. The van der Waals surface area contributed by atoms with Gasteiger partial charge < -0.3 is 15.9 Å². The molecule has 0 aliphatic carbocycles. The van der Waals surface area contributed by atoms with Gasteiger partial charge in [0.15, 0.2) is 0 Å². The fourth-order valence-corrected chi connectivity index (χ4v) is 5.12. The number of fused-ring (bicyclic) bond motifs is 1. The summed E-state index contributed by atoms with van der Waals surface area (Å²) in [5, 5.41) is 14.3. The number of aromatic nitrogens is 4. The molecule has 1 aliphatic heterocycles. The fraction of sp³-hybridized carbons (Fsp3) is 0.136. The third kappa shape index (κ3) is 4.18. The van der Waals surface area contributed by atoms with Gasteiger partial charge in [0.2, 0.25) is 0 Å². The molecular formula is C22H19ClN8O3S. The first kappa shape index (κ1) is 22.8. The van der Waals surface area contributed by atoms with Crippen molar-refractivity contribution in [2.75, 3.05) is 5.01 Å². The van der Waals surface area contributed by atoms with Crippen LogP contribution in [-0.4, -0.2) is 36.9 Å². The lowest BCUT2D eigenvalue weighted by Crippen LogP contribution is -2.30. The van der Waals surface area contributed by atoms with E-state index in [1.165, 1.54) is 17.4 Å². The maximum Gasteiger partial charge on any atom is 0.345 e. The normalized spacial score (nSPS) is 15.0. The molecule has 35 heavy (non-hydrogen) atoms. The number of rotatable bonds is 6. The van der Waals surface area contributed by atoms with Crippen LogP contribution in [0.5, 0.6) is 0 Å². The first-order valence-corrected chi connectivity index (χ1v) is 11.6. The predicted octanol–water partition coefficient (Wildman–Crippen LogP) is 2.83. The molecule has 0 saturated heterocycles. The number of H-pyrrole nitrogens is 1. The van der Waals surface area contributed by atoms with E-state index in [4.69, 9.17) is 33.4 Å². The molecule has 1 atom stereocenters. The predicted molar refractivity (Wildman–Crippen MR) is 134 cm³/mol. The van der Waals surface area contributed by atoms with Crippen LogP contribution in [0.4, 0.5) is 5.69 Å². The molecular weight excluding hydrogens is 492 g/mol. The van der Waals surface area contributed by atoms with Gasteiger partial charge in [0, 0.05) is 23.1 Å². The van der Waals surface area contributed by atoms with Crippen LogP contribution in [0.3, 0.4) is 0 Å². The number of nitrogens with one attached hydrogen (secondary N) is 1. The molecule has 0 fully saturated rings. The molecule has 0 saturated carbocycles. The minimum atomic E-state index is -0.977. The van der Waals surface area contributed by atoms with Gasteiger partial charge in [0.1, 0.15) is 22.9 Å². The third-order valence-electron chi connectivity index (χ3n) is 5.68. The Balaban J connectivity index is 1.51. The van der Waals surface area contributed by atoms with Crippen molar-refractivity contribution in [2.24, 2.45) is 16.8 Å². The molecule has 0 amide bonds. The van der Waals surface area contributed by atoms with Crippen molar-refractivity contribution < 1.29 is 9.90 Å². The number of anilines is 1. The van der Waals surface area contributed by atoms with Crippen molar-refractivity contribution in [1.29, 1.82) is 0 Å². The second-order valence-corrected chi connectivity index (χ2v) is 9.32. The summed E-state index contributed by atoms with van der Waals surface area (Å²) in [6.07, 6.45) is 4.09. The maximum absolute atomic E-state index is 13.2. The van der Waals surface area contributed by atoms with E-state index in [-0.39, 0.29) is 16.5 Å². The van der Waals surface area contributed by atoms with Crippen LogP contribution >= 0.6 is 22.9 Å². The Labute approximate surface area is 207 Å². The number of halogens is 1. The van der Waals surface area contributed by atoms with Gasteiger partial charge >= 0.3 is 5.97 Å². The van der Waals surface area contributed by atoms with Crippen LogP contribution in [0.2, 0.25) is 5.02 Å². The number of carboxylic acids is 1. The van der Waals surface area contributed by atoms with E-state index in [0.717, 1.165) is 16.2 Å². The summed E-state index contributed by atoms with van der Waals surface area (Å²) in [5.41, 5.74) is 1.98. The number of hydrogen-bond donors (Lipinski definition) is 4. The van der Waals surface area contributed by atoms with Crippen molar-refractivity contribution in [3.8, 4) is 21.8 Å². The topological polar surface area (TPSA) is 169 Å². The van der Waals surface area contributed by atoms with Gasteiger partial charge in [0.05, 0.1) is 34.2 Å². The number of hydrazine groups is 1. The molecule has 0 radical (unpaired) electrons. The average molecular weight is 511 g/mol. The van der Waals surface area contributed by atoms with Crippen LogP contribution in [0, 0.1) is 0 Å². The summed E-state index contributed by atoms with van der Waals surface area (Å²) >= 11 is 7.36. The Bertz CT molecular complexity index is 1530. The SMILES string of the molecule is N/N=C\N(N)c1ccc(Cl)cc1-c1cc(=O)n2c(n1)CC[C@H]2c1ncc(-c2ccc(C(=O)O)s2)[nH]1. The third-order valence-corrected chi connectivity index (χ3v) is 7.02. The number of aromatic amines is 1. The van der Waals surface area contributed by atoms with Crippen LogP contribution < -0.4 is 22.3 Å². The van der Waals surface area contributed by atoms with Gasteiger partial charge in [-0.05, 0) is 36.8 Å². The van der Waals surface area contributed by atoms with Crippen molar-refractivity contribution in [1.82, 2.24) is 19.5 Å². The van der Waals surface area contributed by atoms with Gasteiger partial charge in [-0.2, -0.15) is 5.10 Å². The van der Waals surface area contributed by atoms with E-state index >= 15 is 0 Å². The molecule has 11 nitrogen and oxygen atoms in total. The zero-order chi connectivity index (χ0) is 24.7. The number of aromatic carboxylic acids is 1. The number of thiophene rings is 1. The lowest BCUT2D eigenvalue weighted by Gasteiger charge is -2.18. The number of aryl methyl sites for hydroxylation is 1. The number of nitrogens with zero attached hydrogens (tertiary/aromatic N) is 5. The van der Waals surface area contributed by atoms with Gasteiger partial charge in [-0.3, -0.25) is 14.4 Å². The molecule has 13 heteroatoms. The van der Waals surface area contributed by atoms with Crippen LogP contribution in [0.15, 0.2) is 52.5 Å². The second-order valence-electron chi connectivity index (χ2n) is 7.80. The highest BCUT2D eigenvalue weighted by Gasteiger charge is 2.29. The summed E-state index contributed by atoms with van der Waals surface area (Å²) in [4.78, 5) is 37.8. The van der Waals surface area contributed by atoms with Crippen molar-refractivity contribution in [3.63, 3.8) is 0 Å². The summed E-state index contributed by atoms with van der Waals surface area (Å²) in [7, 11) is 0. The number of benzene rings is 1. The lowest BCUT2D eigenvalue weighted by atomic mass is 10.1. The lowest BCUT2D eigenvalue weighted by molar-refractivity contribution is 0.0702. The Hall–Kier alpha value is -4.00.